The molecule has 0 saturated heterocycles. The minimum atomic E-state index is -3.55. The van der Waals surface area contributed by atoms with Crippen LogP contribution in [0.3, 0.4) is 0 Å². The summed E-state index contributed by atoms with van der Waals surface area (Å²) in [7, 11) is -3.55. The van der Waals surface area contributed by atoms with Gasteiger partial charge in [0.25, 0.3) is 5.91 Å². The van der Waals surface area contributed by atoms with Crippen LogP contribution in [0.1, 0.15) is 22.4 Å². The van der Waals surface area contributed by atoms with Crippen molar-refractivity contribution in [1.29, 1.82) is 0 Å². The lowest BCUT2D eigenvalue weighted by molar-refractivity contribution is 0.102. The number of sulfonamides is 1. The highest BCUT2D eigenvalue weighted by atomic mass is 32.2. The third-order valence-corrected chi connectivity index (χ3v) is 4.92. The molecule has 0 aliphatic heterocycles. The van der Waals surface area contributed by atoms with Gasteiger partial charge in [-0.1, -0.05) is 12.1 Å². The number of amides is 1. The van der Waals surface area contributed by atoms with Crippen molar-refractivity contribution in [3.05, 3.63) is 28.2 Å². The minimum Gasteiger partial charge on any atom is -0.360 e. The van der Waals surface area contributed by atoms with Crippen molar-refractivity contribution in [3.63, 3.8) is 0 Å². The summed E-state index contributed by atoms with van der Waals surface area (Å²) in [5, 5.41) is 7.58. The van der Waals surface area contributed by atoms with Crippen molar-refractivity contribution < 1.29 is 17.7 Å². The molecule has 20 heavy (non-hydrogen) atoms. The molecular formula is C11H13N3O4S2. The van der Waals surface area contributed by atoms with E-state index < -0.39 is 15.9 Å². The predicted molar refractivity (Wildman–Crippen MR) is 74.4 cm³/mol. The summed E-state index contributed by atoms with van der Waals surface area (Å²) in [5.41, 5.74) is 0. The third-order valence-electron chi connectivity index (χ3n) is 2.31. The summed E-state index contributed by atoms with van der Waals surface area (Å²) in [4.78, 5) is 12.3. The first-order valence-electron chi connectivity index (χ1n) is 5.75. The lowest BCUT2D eigenvalue weighted by atomic mass is 10.4. The Morgan fingerprint density at radius 3 is 2.80 bits per heavy atom. The van der Waals surface area contributed by atoms with Gasteiger partial charge < -0.3 is 9.84 Å². The van der Waals surface area contributed by atoms with E-state index in [1.165, 1.54) is 11.4 Å². The van der Waals surface area contributed by atoms with Crippen LogP contribution in [0, 0.1) is 6.92 Å². The van der Waals surface area contributed by atoms with Gasteiger partial charge in [0.2, 0.25) is 10.0 Å². The molecule has 2 aromatic heterocycles. The molecule has 108 valence electrons. The lowest BCUT2D eigenvalue weighted by Gasteiger charge is -2.00. The largest absolute Gasteiger partial charge is 0.360 e. The highest BCUT2D eigenvalue weighted by molar-refractivity contribution is 7.89. The molecule has 0 aliphatic rings. The Bertz CT molecular complexity index is 718. The lowest BCUT2D eigenvalue weighted by Crippen LogP contribution is -2.22. The molecule has 0 atom stereocenters. The summed E-state index contributed by atoms with van der Waals surface area (Å²) in [6, 6.07) is 2.90. The maximum Gasteiger partial charge on any atom is 0.267 e. The monoisotopic (exact) mass is 315 g/mol. The van der Waals surface area contributed by atoms with E-state index in [2.05, 4.69) is 15.2 Å². The number of rotatable bonds is 5. The van der Waals surface area contributed by atoms with Crippen LogP contribution in [0.25, 0.3) is 0 Å². The van der Waals surface area contributed by atoms with Crippen LogP contribution >= 0.6 is 11.3 Å². The number of thiophene rings is 1. The number of nitrogens with one attached hydrogen (secondary N) is 2. The average molecular weight is 315 g/mol. The smallest absolute Gasteiger partial charge is 0.267 e. The van der Waals surface area contributed by atoms with E-state index >= 15 is 0 Å². The molecule has 2 N–H and O–H groups in total. The van der Waals surface area contributed by atoms with Crippen molar-refractivity contribution in [3.8, 4) is 0 Å². The van der Waals surface area contributed by atoms with Crippen LogP contribution in [0.5, 0.6) is 0 Å². The van der Waals surface area contributed by atoms with Crippen LogP contribution in [-0.4, -0.2) is 26.0 Å². The topological polar surface area (TPSA) is 101 Å². The van der Waals surface area contributed by atoms with Gasteiger partial charge in [-0.3, -0.25) is 4.79 Å². The molecule has 9 heteroatoms. The molecule has 0 saturated carbocycles. The number of aryl methyl sites for hydroxylation is 1. The first-order valence-corrected chi connectivity index (χ1v) is 8.11. The van der Waals surface area contributed by atoms with Crippen molar-refractivity contribution >= 4 is 33.1 Å². The Morgan fingerprint density at radius 1 is 1.45 bits per heavy atom. The zero-order valence-electron chi connectivity index (χ0n) is 10.8. The number of carbonyl (C=O) groups excluding carboxylic acids is 1. The minimum absolute atomic E-state index is 0.0748. The second kappa shape index (κ2) is 5.73. The number of anilines is 1. The SMILES string of the molecule is CCNS(=O)(=O)c1csc(C(=O)Nc2cc(C)on2)c1. The van der Waals surface area contributed by atoms with E-state index in [1.807, 2.05) is 0 Å². The van der Waals surface area contributed by atoms with Gasteiger partial charge in [-0.25, -0.2) is 13.1 Å². The fourth-order valence-electron chi connectivity index (χ4n) is 1.46. The molecule has 7 nitrogen and oxygen atoms in total. The molecule has 1 amide bonds. The van der Waals surface area contributed by atoms with E-state index in [4.69, 9.17) is 4.52 Å². The Morgan fingerprint density at radius 2 is 2.20 bits per heavy atom. The fraction of sp³-hybridized carbons (Fsp3) is 0.273. The third kappa shape index (κ3) is 3.24. The van der Waals surface area contributed by atoms with Gasteiger partial charge >= 0.3 is 0 Å². The van der Waals surface area contributed by atoms with Crippen LogP contribution < -0.4 is 10.0 Å². The molecule has 0 aromatic carbocycles. The van der Waals surface area contributed by atoms with E-state index in [0.29, 0.717) is 5.76 Å². The zero-order chi connectivity index (χ0) is 14.8. The molecule has 0 radical (unpaired) electrons. The van der Waals surface area contributed by atoms with Crippen molar-refractivity contribution in [2.24, 2.45) is 0 Å². The standard InChI is InChI=1S/C11H13N3O4S2/c1-3-12-20(16,17)8-5-9(19-6-8)11(15)13-10-4-7(2)18-14-10/h4-6,12H,3H2,1-2H3,(H,13,14,15). The van der Waals surface area contributed by atoms with Crippen molar-refractivity contribution in [2.45, 2.75) is 18.7 Å². The number of nitrogens with zero attached hydrogens (tertiary/aromatic N) is 1. The van der Waals surface area contributed by atoms with E-state index in [1.54, 1.807) is 19.9 Å². The van der Waals surface area contributed by atoms with Crippen LogP contribution in [0.4, 0.5) is 5.82 Å². The second-order valence-electron chi connectivity index (χ2n) is 3.92. The molecule has 0 fully saturated rings. The van der Waals surface area contributed by atoms with Crippen LogP contribution in [0.15, 0.2) is 26.9 Å². The normalized spacial score (nSPS) is 11.5. The maximum atomic E-state index is 11.9. The quantitative estimate of drug-likeness (QED) is 0.872. The Labute approximate surface area is 120 Å². The number of hydrogen-bond acceptors (Lipinski definition) is 6. The Hall–Kier alpha value is -1.71. The second-order valence-corrected chi connectivity index (χ2v) is 6.60. The number of carbonyl (C=O) groups is 1. The summed E-state index contributed by atoms with van der Waals surface area (Å²) < 4.78 is 30.7. The van der Waals surface area contributed by atoms with Gasteiger partial charge in [0.15, 0.2) is 5.82 Å². The fourth-order valence-corrected chi connectivity index (χ4v) is 3.66. The van der Waals surface area contributed by atoms with Gasteiger partial charge in [-0.2, -0.15) is 0 Å². The summed E-state index contributed by atoms with van der Waals surface area (Å²) in [5.74, 6) is 0.431. The molecule has 0 spiro atoms. The van der Waals surface area contributed by atoms with E-state index in [0.717, 1.165) is 11.3 Å². The molecule has 2 heterocycles. The average Bonchev–Trinajstić information content (AvgIpc) is 2.98. The van der Waals surface area contributed by atoms with Crippen LogP contribution in [0.2, 0.25) is 0 Å². The number of hydrogen-bond donors (Lipinski definition) is 2. The van der Waals surface area contributed by atoms with Crippen LogP contribution in [-0.2, 0) is 10.0 Å². The number of aromatic nitrogens is 1. The van der Waals surface area contributed by atoms with Crippen molar-refractivity contribution in [2.75, 3.05) is 11.9 Å². The first-order chi connectivity index (χ1) is 9.42. The molecule has 2 aromatic rings. The van der Waals surface area contributed by atoms with Gasteiger partial charge in [0.1, 0.15) is 5.76 Å². The molecule has 0 bridgehead atoms. The van der Waals surface area contributed by atoms with Gasteiger partial charge in [0, 0.05) is 18.0 Å². The van der Waals surface area contributed by atoms with E-state index in [9.17, 15) is 13.2 Å². The zero-order valence-corrected chi connectivity index (χ0v) is 12.5. The molecule has 0 unspecified atom stereocenters. The molecule has 2 rings (SSSR count). The first kappa shape index (κ1) is 14.7. The Balaban J connectivity index is 2.14. The summed E-state index contributed by atoms with van der Waals surface area (Å²) in [6.45, 7) is 3.68. The maximum absolute atomic E-state index is 11.9. The summed E-state index contributed by atoms with van der Waals surface area (Å²) >= 11 is 1.05. The highest BCUT2D eigenvalue weighted by Crippen LogP contribution is 2.20. The Kier molecular flexibility index (Phi) is 4.21. The van der Waals surface area contributed by atoms with E-state index in [-0.39, 0.29) is 22.1 Å². The predicted octanol–water partition coefficient (Wildman–Crippen LogP) is 1.60. The summed E-state index contributed by atoms with van der Waals surface area (Å²) in [6.07, 6.45) is 0. The van der Waals surface area contributed by atoms with Gasteiger partial charge in [-0.05, 0) is 13.0 Å². The van der Waals surface area contributed by atoms with Crippen molar-refractivity contribution in [1.82, 2.24) is 9.88 Å². The van der Waals surface area contributed by atoms with Gasteiger partial charge in [-0.15, -0.1) is 11.3 Å². The highest BCUT2D eigenvalue weighted by Gasteiger charge is 2.18. The molecular weight excluding hydrogens is 302 g/mol. The van der Waals surface area contributed by atoms with Gasteiger partial charge in [0.05, 0.1) is 9.77 Å². The molecule has 0 aliphatic carbocycles.